The summed E-state index contributed by atoms with van der Waals surface area (Å²) in [6.45, 7) is 8.42. The summed E-state index contributed by atoms with van der Waals surface area (Å²) in [5.41, 5.74) is 6.20. The van der Waals surface area contributed by atoms with Crippen LogP contribution in [0.3, 0.4) is 0 Å². The summed E-state index contributed by atoms with van der Waals surface area (Å²) < 4.78 is 17.9. The van der Waals surface area contributed by atoms with Gasteiger partial charge in [-0.3, -0.25) is 0 Å². The van der Waals surface area contributed by atoms with Crippen molar-refractivity contribution in [1.29, 1.82) is 0 Å². The standard InChI is InChI=1S/C42H34BNO2S2/c1-41(2)42(3,4)46-43(45-41)28-20-22-34-33-21-19-27(23-38(33)47-39(34)24-28)35-25-31(26-36-32-17-11-12-18-37(32)48-40(35)36)44(29-13-7-5-8-14-29)30-15-9-6-10-16-30/h5-26H,1-4H3. The lowest BCUT2D eigenvalue weighted by Crippen LogP contribution is -2.41. The van der Waals surface area contributed by atoms with Crippen LogP contribution in [-0.2, 0) is 9.31 Å². The van der Waals surface area contributed by atoms with Gasteiger partial charge in [0.15, 0.2) is 0 Å². The van der Waals surface area contributed by atoms with Gasteiger partial charge in [-0.05, 0) is 93.3 Å². The van der Waals surface area contributed by atoms with E-state index >= 15 is 0 Å². The number of hydrogen-bond donors (Lipinski definition) is 0. The molecule has 0 unspecified atom stereocenters. The molecule has 0 amide bonds. The minimum absolute atomic E-state index is 0.370. The number of nitrogens with zero attached hydrogens (tertiary/aromatic N) is 1. The van der Waals surface area contributed by atoms with E-state index in [2.05, 4.69) is 166 Å². The van der Waals surface area contributed by atoms with Gasteiger partial charge in [0.25, 0.3) is 0 Å². The van der Waals surface area contributed by atoms with E-state index in [0.29, 0.717) is 0 Å². The summed E-state index contributed by atoms with van der Waals surface area (Å²) in [6.07, 6.45) is 0. The maximum atomic E-state index is 6.39. The number of fused-ring (bicyclic) bond motifs is 6. The van der Waals surface area contributed by atoms with Crippen LogP contribution in [0.4, 0.5) is 17.1 Å². The van der Waals surface area contributed by atoms with Crippen molar-refractivity contribution in [1.82, 2.24) is 0 Å². The van der Waals surface area contributed by atoms with E-state index in [0.717, 1.165) is 22.5 Å². The van der Waals surface area contributed by atoms with Crippen molar-refractivity contribution in [2.45, 2.75) is 38.9 Å². The average Bonchev–Trinajstić information content (AvgIpc) is 3.72. The third-order valence-corrected chi connectivity index (χ3v) is 12.4. The number of para-hydroxylation sites is 2. The minimum Gasteiger partial charge on any atom is -0.399 e. The Morgan fingerprint density at radius 2 is 1.08 bits per heavy atom. The molecule has 1 aliphatic heterocycles. The Kier molecular flexibility index (Phi) is 6.83. The molecular weight excluding hydrogens is 625 g/mol. The third kappa shape index (κ3) is 4.78. The van der Waals surface area contributed by atoms with Crippen molar-refractivity contribution in [3.05, 3.63) is 133 Å². The maximum absolute atomic E-state index is 6.39. The zero-order valence-electron chi connectivity index (χ0n) is 27.4. The molecule has 0 N–H and O–H groups in total. The van der Waals surface area contributed by atoms with Crippen molar-refractivity contribution in [3.63, 3.8) is 0 Å². The van der Waals surface area contributed by atoms with Crippen molar-refractivity contribution in [3.8, 4) is 11.1 Å². The highest BCUT2D eigenvalue weighted by molar-refractivity contribution is 7.26. The Bertz CT molecular complexity index is 2430. The first-order valence-electron chi connectivity index (χ1n) is 16.4. The molecule has 0 radical (unpaired) electrons. The molecule has 1 saturated heterocycles. The van der Waals surface area contributed by atoms with Gasteiger partial charge in [-0.1, -0.05) is 78.9 Å². The van der Waals surface area contributed by atoms with E-state index in [9.17, 15) is 0 Å². The van der Waals surface area contributed by atoms with Crippen LogP contribution in [0.2, 0.25) is 0 Å². The maximum Gasteiger partial charge on any atom is 0.494 e. The predicted octanol–water partition coefficient (Wildman–Crippen LogP) is 11.9. The zero-order valence-corrected chi connectivity index (χ0v) is 29.0. The van der Waals surface area contributed by atoms with E-state index in [1.54, 1.807) is 0 Å². The quantitative estimate of drug-likeness (QED) is 0.172. The van der Waals surface area contributed by atoms with Gasteiger partial charge in [0.2, 0.25) is 0 Å². The normalized spacial score (nSPS) is 15.6. The van der Waals surface area contributed by atoms with Crippen LogP contribution < -0.4 is 10.4 Å². The molecule has 0 saturated carbocycles. The van der Waals surface area contributed by atoms with Gasteiger partial charge in [0, 0.05) is 63.0 Å². The second-order valence-electron chi connectivity index (χ2n) is 13.6. The van der Waals surface area contributed by atoms with Gasteiger partial charge in [0.05, 0.1) is 11.2 Å². The molecule has 0 spiro atoms. The topological polar surface area (TPSA) is 21.7 Å². The second-order valence-corrected chi connectivity index (χ2v) is 15.8. The molecule has 0 bridgehead atoms. The molecule has 6 heteroatoms. The summed E-state index contributed by atoms with van der Waals surface area (Å²) in [4.78, 5) is 2.37. The van der Waals surface area contributed by atoms with E-state index < -0.39 is 0 Å². The Hall–Kier alpha value is -4.46. The van der Waals surface area contributed by atoms with E-state index in [4.69, 9.17) is 9.31 Å². The molecular formula is C42H34BNO2S2. The minimum atomic E-state index is -0.374. The number of benzene rings is 6. The van der Waals surface area contributed by atoms with Crippen molar-refractivity contribution in [2.75, 3.05) is 4.90 Å². The van der Waals surface area contributed by atoms with Crippen molar-refractivity contribution >= 4 is 92.7 Å². The number of anilines is 3. The summed E-state index contributed by atoms with van der Waals surface area (Å²) in [5.74, 6) is 0. The van der Waals surface area contributed by atoms with Gasteiger partial charge >= 0.3 is 7.12 Å². The molecule has 0 atom stereocenters. The first-order chi connectivity index (χ1) is 23.3. The first kappa shape index (κ1) is 29.7. The number of rotatable bonds is 5. The highest BCUT2D eigenvalue weighted by Gasteiger charge is 2.51. The van der Waals surface area contributed by atoms with E-state index in [1.165, 1.54) is 51.5 Å². The highest BCUT2D eigenvalue weighted by atomic mass is 32.1. The van der Waals surface area contributed by atoms with Crippen LogP contribution >= 0.6 is 22.7 Å². The lowest BCUT2D eigenvalue weighted by molar-refractivity contribution is 0.00578. The van der Waals surface area contributed by atoms with E-state index in [-0.39, 0.29) is 18.3 Å². The molecule has 9 rings (SSSR count). The van der Waals surface area contributed by atoms with Gasteiger partial charge < -0.3 is 14.2 Å². The fraction of sp³-hybridized carbons (Fsp3) is 0.143. The SMILES string of the molecule is CC1(C)OB(c2ccc3c(c2)sc2cc(-c4cc(N(c5ccccc5)c5ccccc5)cc5c4sc4ccccc45)ccc23)OC1(C)C. The summed E-state index contributed by atoms with van der Waals surface area (Å²) >= 11 is 3.72. The largest absolute Gasteiger partial charge is 0.494 e. The van der Waals surface area contributed by atoms with Gasteiger partial charge in [-0.25, -0.2) is 0 Å². The van der Waals surface area contributed by atoms with Crippen LogP contribution in [0.25, 0.3) is 51.5 Å². The fourth-order valence-electron chi connectivity index (χ4n) is 6.84. The second kappa shape index (κ2) is 11.0. The van der Waals surface area contributed by atoms with Crippen LogP contribution in [-0.4, -0.2) is 18.3 Å². The Balaban J connectivity index is 1.22. The Morgan fingerprint density at radius 1 is 0.500 bits per heavy atom. The number of thiophene rings is 2. The smallest absolute Gasteiger partial charge is 0.399 e. The lowest BCUT2D eigenvalue weighted by Gasteiger charge is -2.32. The molecule has 0 aliphatic carbocycles. The molecule has 1 fully saturated rings. The van der Waals surface area contributed by atoms with Crippen molar-refractivity contribution in [2.24, 2.45) is 0 Å². The molecule has 3 heterocycles. The molecule has 234 valence electrons. The van der Waals surface area contributed by atoms with Crippen molar-refractivity contribution < 1.29 is 9.31 Å². The first-order valence-corrected chi connectivity index (χ1v) is 18.1. The Labute approximate surface area is 289 Å². The van der Waals surface area contributed by atoms with Crippen LogP contribution in [0.1, 0.15) is 27.7 Å². The lowest BCUT2D eigenvalue weighted by atomic mass is 9.79. The predicted molar refractivity (Wildman–Crippen MR) is 208 cm³/mol. The van der Waals surface area contributed by atoms with Crippen LogP contribution in [0.5, 0.6) is 0 Å². The Morgan fingerprint density at radius 3 is 1.77 bits per heavy atom. The summed E-state index contributed by atoms with van der Waals surface area (Å²) in [6, 6.07) is 48.5. The van der Waals surface area contributed by atoms with Crippen LogP contribution in [0.15, 0.2) is 133 Å². The van der Waals surface area contributed by atoms with Gasteiger partial charge in [-0.2, -0.15) is 0 Å². The zero-order chi connectivity index (χ0) is 32.6. The molecule has 1 aliphatic rings. The monoisotopic (exact) mass is 659 g/mol. The van der Waals surface area contributed by atoms with Gasteiger partial charge in [-0.15, -0.1) is 22.7 Å². The summed E-state index contributed by atoms with van der Waals surface area (Å²) in [5, 5.41) is 5.11. The molecule has 8 aromatic rings. The molecule has 48 heavy (non-hydrogen) atoms. The summed E-state index contributed by atoms with van der Waals surface area (Å²) in [7, 11) is -0.374. The molecule has 3 nitrogen and oxygen atoms in total. The third-order valence-electron chi connectivity index (χ3n) is 10.1. The number of hydrogen-bond acceptors (Lipinski definition) is 5. The molecule has 2 aromatic heterocycles. The van der Waals surface area contributed by atoms with Gasteiger partial charge in [0.1, 0.15) is 0 Å². The molecule has 6 aromatic carbocycles. The fourth-order valence-corrected chi connectivity index (χ4v) is 9.26. The van der Waals surface area contributed by atoms with Crippen LogP contribution in [0, 0.1) is 0 Å². The van der Waals surface area contributed by atoms with E-state index in [1.807, 2.05) is 22.7 Å². The highest BCUT2D eigenvalue weighted by Crippen LogP contribution is 2.47. The average molecular weight is 660 g/mol.